The number of thioether (sulfide) groups is 1. The Labute approximate surface area is 182 Å². The van der Waals surface area contributed by atoms with E-state index in [-0.39, 0.29) is 11.0 Å². The topological polar surface area (TPSA) is 69.7 Å². The zero-order valence-electron chi connectivity index (χ0n) is 16.9. The van der Waals surface area contributed by atoms with Gasteiger partial charge in [-0.3, -0.25) is 0 Å². The molecule has 0 aliphatic carbocycles. The molecule has 0 saturated carbocycles. The number of aromatic nitrogens is 1. The van der Waals surface area contributed by atoms with E-state index in [1.165, 1.54) is 31.1 Å². The number of rotatable bonds is 3. The molecule has 2 atom stereocenters. The lowest BCUT2D eigenvalue weighted by Gasteiger charge is -2.39. The van der Waals surface area contributed by atoms with Gasteiger partial charge in [0.1, 0.15) is 17.0 Å². The van der Waals surface area contributed by atoms with Gasteiger partial charge in [-0.2, -0.15) is 4.39 Å². The summed E-state index contributed by atoms with van der Waals surface area (Å²) in [5, 5.41) is 0.307. The standard InChI is InChI=1S/C23H19F2N3O2S/c1-3-19-23(28-22(26)31-19)15-9-12(14-5-4-8-27-21(14)25)6-7-18(15)30-20-16(23)10-13(29-2)11-17(20)24/h4-11,19H,3H2,1-2H3,(H2,26,28). The summed E-state index contributed by atoms with van der Waals surface area (Å²) in [6.07, 6.45) is 2.12. The van der Waals surface area contributed by atoms with E-state index in [2.05, 4.69) is 4.98 Å². The van der Waals surface area contributed by atoms with Crippen molar-refractivity contribution in [3.63, 3.8) is 0 Å². The highest BCUT2D eigenvalue weighted by Gasteiger charge is 2.52. The van der Waals surface area contributed by atoms with Gasteiger partial charge < -0.3 is 15.2 Å². The molecule has 2 N–H and O–H groups in total. The van der Waals surface area contributed by atoms with E-state index >= 15 is 4.39 Å². The molecule has 2 unspecified atom stereocenters. The molecule has 8 heteroatoms. The molecule has 0 amide bonds. The van der Waals surface area contributed by atoms with Gasteiger partial charge in [-0.05, 0) is 42.3 Å². The number of ether oxygens (including phenoxy) is 2. The molecular weight excluding hydrogens is 420 g/mol. The predicted molar refractivity (Wildman–Crippen MR) is 117 cm³/mol. The van der Waals surface area contributed by atoms with Crippen LogP contribution in [0.4, 0.5) is 8.78 Å². The largest absolute Gasteiger partial charge is 0.497 e. The molecule has 1 aromatic heterocycles. The van der Waals surface area contributed by atoms with E-state index in [0.29, 0.717) is 38.9 Å². The van der Waals surface area contributed by atoms with Crippen LogP contribution in [0, 0.1) is 11.8 Å². The van der Waals surface area contributed by atoms with Crippen LogP contribution in [0.1, 0.15) is 24.5 Å². The molecule has 5 nitrogen and oxygen atoms in total. The van der Waals surface area contributed by atoms with Crippen LogP contribution in [0.25, 0.3) is 11.1 Å². The normalized spacial score (nSPS) is 21.3. The number of amidine groups is 1. The summed E-state index contributed by atoms with van der Waals surface area (Å²) in [6, 6.07) is 11.6. The Balaban J connectivity index is 1.82. The van der Waals surface area contributed by atoms with E-state index in [4.69, 9.17) is 20.2 Å². The summed E-state index contributed by atoms with van der Waals surface area (Å²) in [7, 11) is 1.48. The third-order valence-electron chi connectivity index (χ3n) is 5.72. The Bertz CT molecular complexity index is 1230. The molecule has 2 aromatic carbocycles. The van der Waals surface area contributed by atoms with Gasteiger partial charge in [0.05, 0.1) is 7.11 Å². The van der Waals surface area contributed by atoms with Crippen molar-refractivity contribution in [2.75, 3.05) is 7.11 Å². The number of nitrogens with zero attached hydrogens (tertiary/aromatic N) is 2. The number of hydrogen-bond donors (Lipinski definition) is 1. The fourth-order valence-corrected chi connectivity index (χ4v) is 5.50. The average Bonchev–Trinajstić information content (AvgIpc) is 3.11. The Hall–Kier alpha value is -3.13. The molecule has 2 aliphatic heterocycles. The van der Waals surface area contributed by atoms with Crippen molar-refractivity contribution < 1.29 is 18.3 Å². The van der Waals surface area contributed by atoms with Crippen molar-refractivity contribution >= 4 is 16.9 Å². The minimum Gasteiger partial charge on any atom is -0.497 e. The number of benzene rings is 2. The highest BCUT2D eigenvalue weighted by molar-refractivity contribution is 8.14. The van der Waals surface area contributed by atoms with E-state index in [1.54, 1.807) is 30.3 Å². The van der Waals surface area contributed by atoms with E-state index < -0.39 is 17.3 Å². The van der Waals surface area contributed by atoms with Crippen molar-refractivity contribution in [2.45, 2.75) is 24.1 Å². The van der Waals surface area contributed by atoms with E-state index in [1.807, 2.05) is 13.0 Å². The van der Waals surface area contributed by atoms with Crippen molar-refractivity contribution in [3.05, 3.63) is 71.6 Å². The van der Waals surface area contributed by atoms with Gasteiger partial charge in [0.25, 0.3) is 0 Å². The van der Waals surface area contributed by atoms with Crippen LogP contribution < -0.4 is 15.2 Å². The number of pyridine rings is 1. The first-order chi connectivity index (χ1) is 15.0. The zero-order chi connectivity index (χ0) is 21.8. The fraction of sp³-hybridized carbons (Fsp3) is 0.217. The maximum Gasteiger partial charge on any atom is 0.220 e. The summed E-state index contributed by atoms with van der Waals surface area (Å²) in [5.74, 6) is -0.189. The summed E-state index contributed by atoms with van der Waals surface area (Å²) in [4.78, 5) is 8.59. The SMILES string of the molecule is CCC1SC(N)=NC12c1cc(-c3cccnc3F)ccc1Oc1c(F)cc(OC)cc12. The molecule has 3 heterocycles. The number of hydrogen-bond acceptors (Lipinski definition) is 6. The molecular formula is C23H19F2N3O2S. The summed E-state index contributed by atoms with van der Waals surface area (Å²) in [5.41, 5.74) is 7.42. The quantitative estimate of drug-likeness (QED) is 0.567. The molecule has 158 valence electrons. The van der Waals surface area contributed by atoms with Crippen LogP contribution in [0.5, 0.6) is 17.2 Å². The van der Waals surface area contributed by atoms with Gasteiger partial charge in [-0.1, -0.05) is 24.8 Å². The molecule has 31 heavy (non-hydrogen) atoms. The molecule has 3 aromatic rings. The van der Waals surface area contributed by atoms with Crippen LogP contribution in [0.15, 0.2) is 53.7 Å². The molecule has 0 saturated heterocycles. The second-order valence-corrected chi connectivity index (χ2v) is 8.59. The number of aliphatic imine (C=N–C) groups is 1. The van der Waals surface area contributed by atoms with Crippen molar-refractivity contribution in [1.29, 1.82) is 0 Å². The smallest absolute Gasteiger partial charge is 0.220 e. The summed E-state index contributed by atoms with van der Waals surface area (Å²) < 4.78 is 40.7. The molecule has 0 radical (unpaired) electrons. The van der Waals surface area contributed by atoms with Gasteiger partial charge in [0.15, 0.2) is 16.7 Å². The first-order valence-electron chi connectivity index (χ1n) is 9.81. The Morgan fingerprint density at radius 1 is 1.19 bits per heavy atom. The number of methoxy groups -OCH3 is 1. The average molecular weight is 439 g/mol. The lowest BCUT2D eigenvalue weighted by Crippen LogP contribution is -2.37. The number of nitrogens with two attached hydrogens (primary N) is 1. The lowest BCUT2D eigenvalue weighted by atomic mass is 9.76. The molecule has 1 spiro atoms. The first kappa shape index (κ1) is 19.8. The maximum atomic E-state index is 15.0. The third-order valence-corrected chi connectivity index (χ3v) is 7.01. The minimum atomic E-state index is -0.990. The van der Waals surface area contributed by atoms with Crippen LogP contribution in [0.3, 0.4) is 0 Å². The predicted octanol–water partition coefficient (Wildman–Crippen LogP) is 5.22. The molecule has 2 aliphatic rings. The monoisotopic (exact) mass is 439 g/mol. The van der Waals surface area contributed by atoms with Gasteiger partial charge >= 0.3 is 0 Å². The van der Waals surface area contributed by atoms with Gasteiger partial charge in [-0.25, -0.2) is 14.4 Å². The molecule has 0 bridgehead atoms. The van der Waals surface area contributed by atoms with Gasteiger partial charge in [0, 0.05) is 34.2 Å². The van der Waals surface area contributed by atoms with E-state index in [0.717, 1.165) is 6.42 Å². The van der Waals surface area contributed by atoms with Crippen molar-refractivity contribution in [1.82, 2.24) is 4.98 Å². The molecule has 5 rings (SSSR count). The van der Waals surface area contributed by atoms with Gasteiger partial charge in [-0.15, -0.1) is 0 Å². The number of halogens is 2. The maximum absolute atomic E-state index is 15.0. The second kappa shape index (κ2) is 7.23. The summed E-state index contributed by atoms with van der Waals surface area (Å²) in [6.45, 7) is 2.03. The Kier molecular flexibility index (Phi) is 4.62. The highest BCUT2D eigenvalue weighted by atomic mass is 32.2. The molecule has 0 fully saturated rings. The van der Waals surface area contributed by atoms with Gasteiger partial charge in [0.2, 0.25) is 5.95 Å². The minimum absolute atomic E-state index is 0.102. The second-order valence-electron chi connectivity index (χ2n) is 7.37. The van der Waals surface area contributed by atoms with Crippen LogP contribution in [-0.4, -0.2) is 22.5 Å². The number of fused-ring (bicyclic) bond motifs is 4. The van der Waals surface area contributed by atoms with Crippen molar-refractivity contribution in [3.8, 4) is 28.4 Å². The fourth-order valence-electron chi connectivity index (χ4n) is 4.36. The van der Waals surface area contributed by atoms with Crippen LogP contribution in [-0.2, 0) is 5.54 Å². The lowest BCUT2D eigenvalue weighted by molar-refractivity contribution is 0.359. The van der Waals surface area contributed by atoms with Crippen LogP contribution >= 0.6 is 11.8 Å². The third kappa shape index (κ3) is 2.89. The Morgan fingerprint density at radius 3 is 2.77 bits per heavy atom. The van der Waals surface area contributed by atoms with Crippen molar-refractivity contribution in [2.24, 2.45) is 10.7 Å². The highest BCUT2D eigenvalue weighted by Crippen LogP contribution is 2.58. The zero-order valence-corrected chi connectivity index (χ0v) is 17.7. The van der Waals surface area contributed by atoms with Crippen LogP contribution in [0.2, 0.25) is 0 Å². The van der Waals surface area contributed by atoms with E-state index in [9.17, 15) is 4.39 Å². The summed E-state index contributed by atoms with van der Waals surface area (Å²) >= 11 is 1.44. The first-order valence-corrected chi connectivity index (χ1v) is 10.7. The Morgan fingerprint density at radius 2 is 2.03 bits per heavy atom.